The number of hydrogen-bond acceptors (Lipinski definition) is 4. The van der Waals surface area contributed by atoms with E-state index in [9.17, 15) is 0 Å². The van der Waals surface area contributed by atoms with Crippen LogP contribution in [-0.4, -0.2) is 29.6 Å². The Morgan fingerprint density at radius 2 is 1.85 bits per heavy atom. The predicted octanol–water partition coefficient (Wildman–Crippen LogP) is 8.30. The van der Waals surface area contributed by atoms with Crippen molar-refractivity contribution in [2.24, 2.45) is 23.9 Å². The van der Waals surface area contributed by atoms with Gasteiger partial charge in [0.15, 0.2) is 17.4 Å². The van der Waals surface area contributed by atoms with Crippen LogP contribution in [0.3, 0.4) is 0 Å². The molecule has 5 nitrogen and oxygen atoms in total. The number of aromatic nitrogens is 2. The van der Waals surface area contributed by atoms with Crippen molar-refractivity contribution in [1.29, 1.82) is 0 Å². The molecule has 212 valence electrons. The first-order chi connectivity index (χ1) is 18.4. The topological polar surface area (TPSA) is 42.6 Å². The molecule has 1 unspecified atom stereocenters. The molecule has 0 saturated carbocycles. The summed E-state index contributed by atoms with van der Waals surface area (Å²) in [5.74, 6) is -0.582. The molecule has 0 aliphatic carbocycles. The average Bonchev–Trinajstić information content (AvgIpc) is 3.32. The minimum atomic E-state index is -0.731. The lowest BCUT2D eigenvalue weighted by atomic mass is 9.98. The van der Waals surface area contributed by atoms with Crippen molar-refractivity contribution in [3.8, 4) is 5.75 Å². The number of aliphatic imine (C=N–C) groups is 1. The van der Waals surface area contributed by atoms with E-state index in [2.05, 4.69) is 44.0 Å². The van der Waals surface area contributed by atoms with Gasteiger partial charge in [-0.2, -0.15) is 5.10 Å². The number of rotatable bonds is 14. The van der Waals surface area contributed by atoms with Gasteiger partial charge in [-0.05, 0) is 67.9 Å². The minimum Gasteiger partial charge on any atom is -0.494 e. The Morgan fingerprint density at radius 3 is 2.38 bits per heavy atom. The molecular formula is C32H44F2N4O. The Labute approximate surface area is 233 Å². The molecule has 1 aromatic carbocycles. The van der Waals surface area contributed by atoms with Crippen molar-refractivity contribution in [2.75, 3.05) is 18.6 Å². The van der Waals surface area contributed by atoms with Crippen LogP contribution in [0, 0.1) is 23.5 Å². The third-order valence-electron chi connectivity index (χ3n) is 6.55. The number of aryl methyl sites for hydroxylation is 2. The maximum absolute atomic E-state index is 15.7. The molecule has 2 rings (SSSR count). The van der Waals surface area contributed by atoms with Crippen LogP contribution in [0.5, 0.6) is 5.75 Å². The van der Waals surface area contributed by atoms with Crippen LogP contribution in [0.2, 0.25) is 0 Å². The highest BCUT2D eigenvalue weighted by Crippen LogP contribution is 2.36. The smallest absolute Gasteiger partial charge is 0.191 e. The molecule has 1 heterocycles. The van der Waals surface area contributed by atoms with Crippen LogP contribution >= 0.6 is 0 Å². The molecular weight excluding hydrogens is 494 g/mol. The van der Waals surface area contributed by atoms with Gasteiger partial charge in [-0.3, -0.25) is 9.67 Å². The maximum atomic E-state index is 15.7. The molecule has 39 heavy (non-hydrogen) atoms. The molecule has 0 aliphatic rings. The van der Waals surface area contributed by atoms with E-state index >= 15 is 8.78 Å². The zero-order chi connectivity index (χ0) is 29.3. The van der Waals surface area contributed by atoms with Crippen LogP contribution in [0.4, 0.5) is 14.5 Å². The number of allylic oxidation sites excluding steroid dienone is 4. The number of nitrogens with zero attached hydrogens (tertiary/aromatic N) is 4. The van der Waals surface area contributed by atoms with Crippen molar-refractivity contribution in [3.05, 3.63) is 83.5 Å². The first kappa shape index (κ1) is 31.7. The van der Waals surface area contributed by atoms with Crippen LogP contribution in [-0.2, 0) is 13.5 Å². The highest BCUT2D eigenvalue weighted by atomic mass is 19.1. The Kier molecular flexibility index (Phi) is 11.9. The maximum Gasteiger partial charge on any atom is 0.191 e. The molecule has 1 atom stereocenters. The van der Waals surface area contributed by atoms with Gasteiger partial charge in [-0.1, -0.05) is 52.8 Å². The lowest BCUT2D eigenvalue weighted by Gasteiger charge is -2.30. The van der Waals surface area contributed by atoms with E-state index < -0.39 is 11.6 Å². The highest BCUT2D eigenvalue weighted by Gasteiger charge is 2.26. The quantitative estimate of drug-likeness (QED) is 0.179. The molecule has 0 N–H and O–H groups in total. The van der Waals surface area contributed by atoms with Gasteiger partial charge >= 0.3 is 0 Å². The van der Waals surface area contributed by atoms with E-state index in [-0.39, 0.29) is 17.4 Å². The average molecular weight is 539 g/mol. The van der Waals surface area contributed by atoms with Gasteiger partial charge < -0.3 is 9.64 Å². The number of methoxy groups -OCH3 is 1. The Bertz CT molecular complexity index is 1220. The van der Waals surface area contributed by atoms with E-state index in [0.29, 0.717) is 35.8 Å². The van der Waals surface area contributed by atoms with E-state index in [4.69, 9.17) is 4.74 Å². The zero-order valence-electron chi connectivity index (χ0n) is 24.8. The number of halogens is 2. The summed E-state index contributed by atoms with van der Waals surface area (Å²) in [6, 6.07) is 1.43. The molecule has 0 aliphatic heterocycles. The first-order valence-electron chi connectivity index (χ1n) is 13.5. The largest absolute Gasteiger partial charge is 0.494 e. The van der Waals surface area contributed by atoms with E-state index in [1.165, 1.54) is 13.2 Å². The summed E-state index contributed by atoms with van der Waals surface area (Å²) >= 11 is 0. The van der Waals surface area contributed by atoms with Gasteiger partial charge in [-0.25, -0.2) is 8.78 Å². The van der Waals surface area contributed by atoms with E-state index in [1.807, 2.05) is 40.1 Å². The van der Waals surface area contributed by atoms with Gasteiger partial charge in [0.1, 0.15) is 5.69 Å². The molecule has 2 aromatic rings. The van der Waals surface area contributed by atoms with Crippen molar-refractivity contribution in [1.82, 2.24) is 9.78 Å². The monoisotopic (exact) mass is 538 g/mol. The summed E-state index contributed by atoms with van der Waals surface area (Å²) in [5.41, 5.74) is 3.99. The molecule has 0 amide bonds. The van der Waals surface area contributed by atoms with Gasteiger partial charge in [0.05, 0.1) is 19.0 Å². The second kappa shape index (κ2) is 14.6. The van der Waals surface area contributed by atoms with Crippen LogP contribution in [0.25, 0.3) is 5.57 Å². The van der Waals surface area contributed by atoms with E-state index in [0.717, 1.165) is 29.6 Å². The molecule has 0 spiro atoms. The first-order valence-corrected chi connectivity index (χ1v) is 13.5. The van der Waals surface area contributed by atoms with Crippen molar-refractivity contribution < 1.29 is 13.5 Å². The van der Waals surface area contributed by atoms with Gasteiger partial charge in [0, 0.05) is 37.3 Å². The molecule has 0 saturated heterocycles. The number of benzene rings is 1. The third kappa shape index (κ3) is 8.77. The molecule has 0 radical (unpaired) electrons. The van der Waals surface area contributed by atoms with Gasteiger partial charge in [-0.15, -0.1) is 0 Å². The summed E-state index contributed by atoms with van der Waals surface area (Å²) in [5, 5.41) is 4.17. The fourth-order valence-corrected chi connectivity index (χ4v) is 4.08. The number of ether oxygens (including phenoxy) is 1. The fraction of sp³-hybridized carbons (Fsp3) is 0.438. The lowest BCUT2D eigenvalue weighted by Crippen LogP contribution is -2.29. The second-order valence-electron chi connectivity index (χ2n) is 10.7. The summed E-state index contributed by atoms with van der Waals surface area (Å²) in [6.07, 6.45) is 11.2. The Balaban J connectivity index is 2.45. The lowest BCUT2D eigenvalue weighted by molar-refractivity contribution is 0.382. The Morgan fingerprint density at radius 1 is 1.15 bits per heavy atom. The molecule has 7 heteroatoms. The zero-order valence-corrected chi connectivity index (χ0v) is 24.8. The second-order valence-corrected chi connectivity index (χ2v) is 10.7. The molecule has 0 fully saturated rings. The van der Waals surface area contributed by atoms with Crippen molar-refractivity contribution in [3.63, 3.8) is 0 Å². The van der Waals surface area contributed by atoms with Crippen LogP contribution < -0.4 is 9.64 Å². The number of hydrogen-bond donors (Lipinski definition) is 0. The summed E-state index contributed by atoms with van der Waals surface area (Å²) in [6.45, 7) is 20.9. The van der Waals surface area contributed by atoms with Crippen molar-refractivity contribution in [2.45, 2.75) is 60.8 Å². The molecule has 0 bridgehead atoms. The number of anilines is 1. The van der Waals surface area contributed by atoms with E-state index in [1.54, 1.807) is 28.1 Å². The van der Waals surface area contributed by atoms with Gasteiger partial charge in [0.25, 0.3) is 0 Å². The van der Waals surface area contributed by atoms with Crippen LogP contribution in [0.15, 0.2) is 65.7 Å². The summed E-state index contributed by atoms with van der Waals surface area (Å²) < 4.78 is 38.2. The van der Waals surface area contributed by atoms with Crippen molar-refractivity contribution >= 4 is 17.5 Å². The summed E-state index contributed by atoms with van der Waals surface area (Å²) in [7, 11) is 3.24. The van der Waals surface area contributed by atoms with Gasteiger partial charge in [0.2, 0.25) is 0 Å². The normalized spacial score (nSPS) is 12.4. The Hall–Kier alpha value is -3.48. The summed E-state index contributed by atoms with van der Waals surface area (Å²) in [4.78, 5) is 6.25. The third-order valence-corrected chi connectivity index (χ3v) is 6.55. The fourth-order valence-electron chi connectivity index (χ4n) is 4.08. The van der Waals surface area contributed by atoms with Crippen LogP contribution in [0.1, 0.15) is 65.5 Å². The molecule has 1 aromatic heterocycles. The standard InChI is InChI=1S/C32H44F2N4O/c1-11-26-16-29(39-10)31(34)32(30(26)33)38(19-23(6)13-12-21(2)3)25(8)14-15-28(22(4)5)35-17-24(7)27-18-36-37(9)20-27/h14-18,20-21,23H,7-8,11-13,19H2,1-6,9-10H3/b15-14-,35-17?. The SMILES string of the molecule is C=C(C=NC(/C=C\C(=C)N(CC(C)CCC(C)C)c1c(F)c(CC)cc(OC)c1F)=C(C)C)c1cnn(C)c1. The predicted molar refractivity (Wildman–Crippen MR) is 160 cm³/mol. The minimum absolute atomic E-state index is 0.0170. The highest BCUT2D eigenvalue weighted by molar-refractivity contribution is 6.09.